The van der Waals surface area contributed by atoms with Crippen LogP contribution in [0.4, 0.5) is 0 Å². The van der Waals surface area contributed by atoms with E-state index >= 15 is 0 Å². The topological polar surface area (TPSA) is 23.5 Å². The molecule has 0 bridgehead atoms. The van der Waals surface area contributed by atoms with Gasteiger partial charge in [-0.15, -0.1) is 0 Å². The minimum Gasteiger partial charge on any atom is -0.395 e. The first kappa shape index (κ1) is 11.0. The van der Waals surface area contributed by atoms with E-state index in [0.717, 1.165) is 6.42 Å². The summed E-state index contributed by atoms with van der Waals surface area (Å²) in [4.78, 5) is 2.47. The van der Waals surface area contributed by atoms with Crippen LogP contribution < -0.4 is 0 Å². The van der Waals surface area contributed by atoms with Gasteiger partial charge in [0.15, 0.2) is 0 Å². The van der Waals surface area contributed by atoms with E-state index < -0.39 is 0 Å². The smallest absolute Gasteiger partial charge is 0.0587 e. The van der Waals surface area contributed by atoms with Crippen molar-refractivity contribution < 1.29 is 5.11 Å². The molecule has 1 aliphatic heterocycles. The van der Waals surface area contributed by atoms with E-state index in [0.29, 0.717) is 24.6 Å². The summed E-state index contributed by atoms with van der Waals surface area (Å²) < 4.78 is 0. The van der Waals surface area contributed by atoms with Crippen molar-refractivity contribution in [1.82, 2.24) is 4.90 Å². The fourth-order valence-corrected chi connectivity index (χ4v) is 2.36. The number of rotatable bonds is 4. The largest absolute Gasteiger partial charge is 0.395 e. The predicted octanol–water partition coefficient (Wildman–Crippen LogP) is 1.88. The van der Waals surface area contributed by atoms with E-state index in [-0.39, 0.29) is 0 Å². The van der Waals surface area contributed by atoms with Crippen LogP contribution in [0.15, 0.2) is 0 Å². The minimum absolute atomic E-state index is 0.322. The molecule has 1 N–H and O–H groups in total. The fraction of sp³-hybridized carbons (Fsp3) is 1.00. The van der Waals surface area contributed by atoms with Crippen molar-refractivity contribution in [3.63, 3.8) is 0 Å². The molecule has 2 nitrogen and oxygen atoms in total. The second kappa shape index (κ2) is 4.97. The van der Waals surface area contributed by atoms with Crippen molar-refractivity contribution in [3.8, 4) is 0 Å². The standard InChI is InChI=1S/C11H23NO/c1-9(2)7-11(8-13)12-6-4-5-10(12)3/h9-11,13H,4-8H2,1-3H3. The monoisotopic (exact) mass is 185 g/mol. The molecule has 1 heterocycles. The van der Waals surface area contributed by atoms with Gasteiger partial charge in [0.05, 0.1) is 6.61 Å². The van der Waals surface area contributed by atoms with Gasteiger partial charge < -0.3 is 5.11 Å². The van der Waals surface area contributed by atoms with Crippen molar-refractivity contribution in [2.45, 2.75) is 52.1 Å². The maximum atomic E-state index is 9.31. The Hall–Kier alpha value is -0.0800. The maximum absolute atomic E-state index is 9.31. The van der Waals surface area contributed by atoms with Crippen LogP contribution in [0.5, 0.6) is 0 Å². The number of hydrogen-bond donors (Lipinski definition) is 1. The highest BCUT2D eigenvalue weighted by atomic mass is 16.3. The summed E-state index contributed by atoms with van der Waals surface area (Å²) in [5, 5.41) is 9.31. The molecule has 1 fully saturated rings. The molecule has 0 aliphatic carbocycles. The molecule has 0 amide bonds. The SMILES string of the molecule is CC(C)CC(CO)N1CCCC1C. The summed E-state index contributed by atoms with van der Waals surface area (Å²) >= 11 is 0. The first-order chi connectivity index (χ1) is 6.15. The summed E-state index contributed by atoms with van der Waals surface area (Å²) in [6.07, 6.45) is 3.73. The number of hydrogen-bond acceptors (Lipinski definition) is 2. The van der Waals surface area contributed by atoms with E-state index in [4.69, 9.17) is 0 Å². The number of aliphatic hydroxyl groups excluding tert-OH is 1. The summed E-state index contributed by atoms with van der Waals surface area (Å²) in [6, 6.07) is 1.08. The van der Waals surface area contributed by atoms with Gasteiger partial charge in [0, 0.05) is 12.1 Å². The molecule has 0 saturated carbocycles. The molecule has 1 saturated heterocycles. The molecule has 2 atom stereocenters. The molecule has 0 aromatic carbocycles. The predicted molar refractivity (Wildman–Crippen MR) is 55.7 cm³/mol. The van der Waals surface area contributed by atoms with Gasteiger partial charge in [-0.05, 0) is 38.6 Å². The van der Waals surface area contributed by atoms with E-state index in [1.807, 2.05) is 0 Å². The molecule has 0 spiro atoms. The lowest BCUT2D eigenvalue weighted by molar-refractivity contribution is 0.102. The Morgan fingerprint density at radius 2 is 2.15 bits per heavy atom. The molecule has 78 valence electrons. The second-order valence-electron chi connectivity index (χ2n) is 4.70. The van der Waals surface area contributed by atoms with E-state index in [1.165, 1.54) is 19.4 Å². The molecule has 2 heteroatoms. The first-order valence-electron chi connectivity index (χ1n) is 5.51. The Morgan fingerprint density at radius 1 is 1.46 bits per heavy atom. The van der Waals surface area contributed by atoms with Gasteiger partial charge in [-0.25, -0.2) is 0 Å². The van der Waals surface area contributed by atoms with Crippen molar-refractivity contribution >= 4 is 0 Å². The van der Waals surface area contributed by atoms with Gasteiger partial charge in [-0.1, -0.05) is 13.8 Å². The lowest BCUT2D eigenvalue weighted by Crippen LogP contribution is -2.40. The maximum Gasteiger partial charge on any atom is 0.0587 e. The third-order valence-corrected chi connectivity index (χ3v) is 3.03. The van der Waals surface area contributed by atoms with Crippen LogP contribution in [0.1, 0.15) is 40.0 Å². The average Bonchev–Trinajstić information content (AvgIpc) is 2.47. The zero-order chi connectivity index (χ0) is 9.84. The Balaban J connectivity index is 2.45. The normalized spacial score (nSPS) is 27.0. The fourth-order valence-electron chi connectivity index (χ4n) is 2.36. The molecule has 0 aromatic heterocycles. The number of aliphatic hydroxyl groups is 1. The lowest BCUT2D eigenvalue weighted by Gasteiger charge is -2.31. The third kappa shape index (κ3) is 2.96. The molecular formula is C11H23NO. The molecule has 0 aromatic rings. The van der Waals surface area contributed by atoms with Crippen molar-refractivity contribution in [1.29, 1.82) is 0 Å². The lowest BCUT2D eigenvalue weighted by atomic mass is 10.0. The van der Waals surface area contributed by atoms with Crippen LogP contribution >= 0.6 is 0 Å². The Bertz CT molecular complexity index is 147. The molecule has 1 aliphatic rings. The van der Waals surface area contributed by atoms with E-state index in [2.05, 4.69) is 25.7 Å². The van der Waals surface area contributed by atoms with Crippen LogP contribution in [0.2, 0.25) is 0 Å². The summed E-state index contributed by atoms with van der Waals surface area (Å²) in [7, 11) is 0. The van der Waals surface area contributed by atoms with Gasteiger partial charge in [0.1, 0.15) is 0 Å². The van der Waals surface area contributed by atoms with E-state index in [9.17, 15) is 5.11 Å². The Labute approximate surface area is 81.9 Å². The van der Waals surface area contributed by atoms with Crippen LogP contribution in [-0.2, 0) is 0 Å². The van der Waals surface area contributed by atoms with Crippen molar-refractivity contribution in [2.24, 2.45) is 5.92 Å². The highest BCUT2D eigenvalue weighted by Crippen LogP contribution is 2.22. The molecule has 13 heavy (non-hydrogen) atoms. The molecular weight excluding hydrogens is 162 g/mol. The molecule has 1 rings (SSSR count). The van der Waals surface area contributed by atoms with Gasteiger partial charge in [0.2, 0.25) is 0 Å². The van der Waals surface area contributed by atoms with Crippen LogP contribution in [-0.4, -0.2) is 35.2 Å². The zero-order valence-corrected chi connectivity index (χ0v) is 9.16. The zero-order valence-electron chi connectivity index (χ0n) is 9.16. The highest BCUT2D eigenvalue weighted by Gasteiger charge is 2.27. The van der Waals surface area contributed by atoms with Gasteiger partial charge in [-0.2, -0.15) is 0 Å². The number of likely N-dealkylation sites (tertiary alicyclic amines) is 1. The molecule has 0 radical (unpaired) electrons. The minimum atomic E-state index is 0.322. The second-order valence-corrected chi connectivity index (χ2v) is 4.70. The van der Waals surface area contributed by atoms with E-state index in [1.54, 1.807) is 0 Å². The van der Waals surface area contributed by atoms with Gasteiger partial charge in [0.25, 0.3) is 0 Å². The van der Waals surface area contributed by atoms with Gasteiger partial charge >= 0.3 is 0 Å². The third-order valence-electron chi connectivity index (χ3n) is 3.03. The van der Waals surface area contributed by atoms with Crippen LogP contribution in [0.25, 0.3) is 0 Å². The Morgan fingerprint density at radius 3 is 2.54 bits per heavy atom. The van der Waals surface area contributed by atoms with Crippen LogP contribution in [0.3, 0.4) is 0 Å². The summed E-state index contributed by atoms with van der Waals surface area (Å²) in [5.41, 5.74) is 0. The van der Waals surface area contributed by atoms with Crippen LogP contribution in [0, 0.1) is 5.92 Å². The summed E-state index contributed by atoms with van der Waals surface area (Å²) in [5.74, 6) is 0.685. The van der Waals surface area contributed by atoms with Gasteiger partial charge in [-0.3, -0.25) is 4.90 Å². The van der Waals surface area contributed by atoms with Crippen molar-refractivity contribution in [3.05, 3.63) is 0 Å². The average molecular weight is 185 g/mol. The number of nitrogens with zero attached hydrogens (tertiary/aromatic N) is 1. The van der Waals surface area contributed by atoms with Crippen molar-refractivity contribution in [2.75, 3.05) is 13.2 Å². The summed E-state index contributed by atoms with van der Waals surface area (Å²) in [6.45, 7) is 8.23. The quantitative estimate of drug-likeness (QED) is 0.723. The highest BCUT2D eigenvalue weighted by molar-refractivity contribution is 4.82. The Kier molecular flexibility index (Phi) is 4.20. The molecule has 2 unspecified atom stereocenters. The first-order valence-corrected chi connectivity index (χ1v) is 5.51.